The van der Waals surface area contributed by atoms with Gasteiger partial charge in [0.15, 0.2) is 0 Å². The van der Waals surface area contributed by atoms with E-state index in [0.29, 0.717) is 6.54 Å². The second-order valence-electron chi connectivity index (χ2n) is 2.37. The molecule has 0 aliphatic rings. The SMILES string of the molecule is [CH2-][N]CC(C)(C)N. The van der Waals surface area contributed by atoms with E-state index in [2.05, 4.69) is 12.4 Å². The third-order valence-electron chi connectivity index (χ3n) is 0.519. The lowest BCUT2D eigenvalue weighted by atomic mass is 10.1. The van der Waals surface area contributed by atoms with Crippen molar-refractivity contribution in [2.45, 2.75) is 19.4 Å². The summed E-state index contributed by atoms with van der Waals surface area (Å²) in [6.07, 6.45) is 0. The van der Waals surface area contributed by atoms with E-state index in [1.54, 1.807) is 0 Å². The molecular formula is C5H12N2-. The van der Waals surface area contributed by atoms with E-state index in [1.807, 2.05) is 13.8 Å². The van der Waals surface area contributed by atoms with Crippen LogP contribution in [-0.2, 0) is 0 Å². The molecule has 1 radical (unpaired) electrons. The third-order valence-corrected chi connectivity index (χ3v) is 0.519. The van der Waals surface area contributed by atoms with Crippen LogP contribution in [0.1, 0.15) is 13.8 Å². The van der Waals surface area contributed by atoms with Crippen LogP contribution in [0.5, 0.6) is 0 Å². The fourth-order valence-corrected chi connectivity index (χ4v) is 0.288. The molecule has 0 saturated heterocycles. The van der Waals surface area contributed by atoms with E-state index in [1.165, 1.54) is 0 Å². The van der Waals surface area contributed by atoms with Gasteiger partial charge in [0.1, 0.15) is 0 Å². The van der Waals surface area contributed by atoms with Crippen LogP contribution in [0.2, 0.25) is 0 Å². The Bertz CT molecular complexity index is 44.5. The summed E-state index contributed by atoms with van der Waals surface area (Å²) in [5.41, 5.74) is 5.33. The molecule has 0 aromatic carbocycles. The lowest BCUT2D eigenvalue weighted by molar-refractivity contribution is 0.495. The highest BCUT2D eigenvalue weighted by atomic mass is 14.9. The van der Waals surface area contributed by atoms with Crippen molar-refractivity contribution in [3.05, 3.63) is 7.05 Å². The van der Waals surface area contributed by atoms with Crippen LogP contribution in [0.15, 0.2) is 0 Å². The molecule has 0 heterocycles. The van der Waals surface area contributed by atoms with Crippen molar-refractivity contribution in [3.8, 4) is 0 Å². The largest absolute Gasteiger partial charge is 0.423 e. The fourth-order valence-electron chi connectivity index (χ4n) is 0.288. The second-order valence-corrected chi connectivity index (χ2v) is 2.37. The maximum atomic E-state index is 5.51. The quantitative estimate of drug-likeness (QED) is 0.492. The first-order valence-electron chi connectivity index (χ1n) is 2.27. The zero-order valence-corrected chi connectivity index (χ0v) is 4.94. The number of hydrogen-bond acceptors (Lipinski definition) is 1. The van der Waals surface area contributed by atoms with Gasteiger partial charge in [0.25, 0.3) is 0 Å². The number of rotatable bonds is 2. The first-order chi connectivity index (χ1) is 3.06. The van der Waals surface area contributed by atoms with E-state index in [-0.39, 0.29) is 5.54 Å². The zero-order valence-electron chi connectivity index (χ0n) is 4.94. The summed E-state index contributed by atoms with van der Waals surface area (Å²) < 4.78 is 0. The van der Waals surface area contributed by atoms with Crippen molar-refractivity contribution >= 4 is 0 Å². The van der Waals surface area contributed by atoms with Gasteiger partial charge in [-0.25, -0.2) is 0 Å². The molecule has 0 bridgehead atoms. The first kappa shape index (κ1) is 6.92. The maximum absolute atomic E-state index is 5.51. The van der Waals surface area contributed by atoms with Gasteiger partial charge < -0.3 is 11.1 Å². The van der Waals surface area contributed by atoms with Crippen molar-refractivity contribution in [1.29, 1.82) is 0 Å². The molecule has 7 heavy (non-hydrogen) atoms. The van der Waals surface area contributed by atoms with Gasteiger partial charge in [-0.15, -0.1) is 0 Å². The van der Waals surface area contributed by atoms with Crippen LogP contribution in [0, 0.1) is 7.05 Å². The van der Waals surface area contributed by atoms with Gasteiger partial charge in [0.05, 0.1) is 0 Å². The highest BCUT2D eigenvalue weighted by Gasteiger charge is 2.05. The molecular weight excluding hydrogens is 88.1 g/mol. The molecule has 0 atom stereocenters. The van der Waals surface area contributed by atoms with Crippen molar-refractivity contribution in [3.63, 3.8) is 0 Å². The van der Waals surface area contributed by atoms with Crippen LogP contribution in [0.3, 0.4) is 0 Å². The van der Waals surface area contributed by atoms with Crippen LogP contribution in [-0.4, -0.2) is 12.1 Å². The van der Waals surface area contributed by atoms with Crippen molar-refractivity contribution in [2.24, 2.45) is 5.73 Å². The molecule has 0 aromatic rings. The van der Waals surface area contributed by atoms with E-state index in [0.717, 1.165) is 0 Å². The number of nitrogens with two attached hydrogens (primary N) is 1. The fraction of sp³-hybridized carbons (Fsp3) is 0.800. The molecule has 2 N–H and O–H groups in total. The summed E-state index contributed by atoms with van der Waals surface area (Å²) >= 11 is 0. The molecule has 0 amide bonds. The smallest absolute Gasteiger partial charge is 0.0211 e. The Labute approximate surface area is 45.1 Å². The Kier molecular flexibility index (Phi) is 2.26. The molecule has 0 fully saturated rings. The van der Waals surface area contributed by atoms with Gasteiger partial charge in [-0.2, -0.15) is 0 Å². The monoisotopic (exact) mass is 100 g/mol. The Morgan fingerprint density at radius 3 is 2.14 bits per heavy atom. The molecule has 0 aromatic heterocycles. The summed E-state index contributed by atoms with van der Waals surface area (Å²) in [5, 5.41) is 3.63. The van der Waals surface area contributed by atoms with Gasteiger partial charge in [-0.1, -0.05) is 0 Å². The molecule has 43 valence electrons. The molecule has 0 aliphatic carbocycles. The average molecular weight is 100 g/mol. The van der Waals surface area contributed by atoms with E-state index in [4.69, 9.17) is 5.73 Å². The molecule has 0 aliphatic heterocycles. The summed E-state index contributed by atoms with van der Waals surface area (Å²) in [5.74, 6) is 0. The number of nitrogens with zero attached hydrogens (tertiary/aromatic N) is 1. The van der Waals surface area contributed by atoms with Crippen LogP contribution in [0.25, 0.3) is 0 Å². The van der Waals surface area contributed by atoms with Crippen molar-refractivity contribution in [1.82, 2.24) is 5.32 Å². The molecule has 0 spiro atoms. The summed E-state index contributed by atoms with van der Waals surface area (Å²) in [4.78, 5) is 0. The molecule has 2 heteroatoms. The Balaban J connectivity index is 3.15. The van der Waals surface area contributed by atoms with Crippen molar-refractivity contribution in [2.75, 3.05) is 6.54 Å². The van der Waals surface area contributed by atoms with Gasteiger partial charge in [0.2, 0.25) is 0 Å². The summed E-state index contributed by atoms with van der Waals surface area (Å²) in [7, 11) is 3.32. The highest BCUT2D eigenvalue weighted by molar-refractivity contribution is 4.73. The summed E-state index contributed by atoms with van der Waals surface area (Å²) in [6.45, 7) is 4.47. The zero-order chi connectivity index (χ0) is 5.91. The molecule has 0 rings (SSSR count). The minimum absolute atomic E-state index is 0.179. The minimum Gasteiger partial charge on any atom is -0.423 e. The Hall–Kier alpha value is -0.0800. The lowest BCUT2D eigenvalue weighted by Crippen LogP contribution is -2.38. The lowest BCUT2D eigenvalue weighted by Gasteiger charge is -2.18. The first-order valence-corrected chi connectivity index (χ1v) is 2.27. The third kappa shape index (κ3) is 5.92. The summed E-state index contributed by atoms with van der Waals surface area (Å²) in [6, 6.07) is 0. The maximum Gasteiger partial charge on any atom is 0.0211 e. The average Bonchev–Trinajstić information content (AvgIpc) is 1.30. The van der Waals surface area contributed by atoms with Crippen molar-refractivity contribution < 1.29 is 0 Å². The van der Waals surface area contributed by atoms with E-state index in [9.17, 15) is 0 Å². The Morgan fingerprint density at radius 1 is 1.71 bits per heavy atom. The molecule has 0 unspecified atom stereocenters. The van der Waals surface area contributed by atoms with Gasteiger partial charge in [-0.05, 0) is 20.4 Å². The highest BCUT2D eigenvalue weighted by Crippen LogP contribution is 1.91. The minimum atomic E-state index is -0.179. The van der Waals surface area contributed by atoms with E-state index >= 15 is 0 Å². The van der Waals surface area contributed by atoms with Gasteiger partial charge in [0, 0.05) is 5.54 Å². The predicted octanol–water partition coefficient (Wildman–Crippen LogP) is 0.120. The van der Waals surface area contributed by atoms with Crippen LogP contribution in [0.4, 0.5) is 0 Å². The normalized spacial score (nSPS) is 12.0. The van der Waals surface area contributed by atoms with Crippen LogP contribution < -0.4 is 11.1 Å². The topological polar surface area (TPSA) is 40.1 Å². The van der Waals surface area contributed by atoms with Gasteiger partial charge in [-0.3, -0.25) is 7.05 Å². The standard InChI is InChI=1S/C5H12N2/c1-5(2,6)4-7-3/h3-4,6H2,1-2H3/q-1. The number of hydrogen-bond donors (Lipinski definition) is 1. The second kappa shape index (κ2) is 2.28. The van der Waals surface area contributed by atoms with Crippen LogP contribution >= 0.6 is 0 Å². The molecule has 2 nitrogen and oxygen atoms in total. The van der Waals surface area contributed by atoms with E-state index < -0.39 is 0 Å². The van der Waals surface area contributed by atoms with Gasteiger partial charge >= 0.3 is 0 Å². The molecule has 0 saturated carbocycles. The Morgan fingerprint density at radius 2 is 2.14 bits per heavy atom. The predicted molar refractivity (Wildman–Crippen MR) is 30.6 cm³/mol.